The molecule has 1 aromatic heterocycles. The number of hydrogen-bond donors (Lipinski definition) is 1. The van der Waals surface area contributed by atoms with Crippen LogP contribution >= 0.6 is 15.9 Å². The van der Waals surface area contributed by atoms with E-state index < -0.39 is 0 Å². The zero-order chi connectivity index (χ0) is 13.4. The average Bonchev–Trinajstić information content (AvgIpc) is 2.81. The first-order chi connectivity index (χ1) is 9.13. The van der Waals surface area contributed by atoms with Crippen LogP contribution in [0.25, 0.3) is 22.3 Å². The molecule has 96 valence electrons. The van der Waals surface area contributed by atoms with Gasteiger partial charge in [0.15, 0.2) is 0 Å². The van der Waals surface area contributed by atoms with Crippen LogP contribution in [0.5, 0.6) is 0 Å². The summed E-state index contributed by atoms with van der Waals surface area (Å²) < 4.78 is 6.83. The van der Waals surface area contributed by atoms with E-state index in [-0.39, 0.29) is 5.06 Å². The van der Waals surface area contributed by atoms with E-state index in [9.17, 15) is 5.21 Å². The third-order valence-corrected chi connectivity index (χ3v) is 3.55. The van der Waals surface area contributed by atoms with Crippen molar-refractivity contribution >= 4 is 32.6 Å². The standard InChI is InChI=1S/C15H12BrNO2/c1-17(18)13-5-2-10(3-6-13)15-9-11-8-12(16)4-7-14(11)19-15/h2-9,17H,1H3. The fraction of sp³-hybridized carbons (Fsp3) is 0.0667. The highest BCUT2D eigenvalue weighted by atomic mass is 79.9. The van der Waals surface area contributed by atoms with Gasteiger partial charge in [-0.3, -0.25) is 0 Å². The molecule has 2 aromatic carbocycles. The van der Waals surface area contributed by atoms with E-state index in [0.29, 0.717) is 5.69 Å². The second-order valence-electron chi connectivity index (χ2n) is 4.43. The maximum atomic E-state index is 11.2. The number of halogens is 1. The van der Waals surface area contributed by atoms with Crippen LogP contribution in [0.1, 0.15) is 0 Å². The predicted molar refractivity (Wildman–Crippen MR) is 79.3 cm³/mol. The molecule has 0 spiro atoms. The summed E-state index contributed by atoms with van der Waals surface area (Å²) in [7, 11) is 1.56. The summed E-state index contributed by atoms with van der Waals surface area (Å²) in [6.07, 6.45) is 0. The van der Waals surface area contributed by atoms with Crippen molar-refractivity contribution in [3.63, 3.8) is 0 Å². The molecule has 0 amide bonds. The minimum Gasteiger partial charge on any atom is -0.629 e. The maximum absolute atomic E-state index is 11.2. The van der Waals surface area contributed by atoms with Gasteiger partial charge in [0.05, 0.1) is 7.05 Å². The summed E-state index contributed by atoms with van der Waals surface area (Å²) in [5, 5.41) is 12.4. The number of fused-ring (bicyclic) bond motifs is 1. The lowest BCUT2D eigenvalue weighted by Gasteiger charge is -2.15. The Bertz CT molecular complexity index is 717. The number of furan rings is 1. The molecule has 0 aliphatic heterocycles. The third-order valence-electron chi connectivity index (χ3n) is 3.05. The normalized spacial score (nSPS) is 12.8. The topological polar surface area (TPSA) is 40.6 Å². The smallest absolute Gasteiger partial charge is 0.135 e. The van der Waals surface area contributed by atoms with Crippen molar-refractivity contribution in [3.8, 4) is 11.3 Å². The lowest BCUT2D eigenvalue weighted by atomic mass is 10.1. The number of nitrogens with one attached hydrogen (secondary N) is 1. The van der Waals surface area contributed by atoms with Crippen LogP contribution in [0.4, 0.5) is 5.69 Å². The Morgan fingerprint density at radius 1 is 1.05 bits per heavy atom. The van der Waals surface area contributed by atoms with Gasteiger partial charge in [0.1, 0.15) is 17.0 Å². The number of benzene rings is 2. The van der Waals surface area contributed by atoms with Gasteiger partial charge in [-0.2, -0.15) is 0 Å². The van der Waals surface area contributed by atoms with Crippen molar-refractivity contribution in [1.82, 2.24) is 0 Å². The van der Waals surface area contributed by atoms with Crippen LogP contribution in [0.2, 0.25) is 0 Å². The first kappa shape index (κ1) is 12.4. The molecule has 3 rings (SSSR count). The number of quaternary nitrogens is 1. The summed E-state index contributed by atoms with van der Waals surface area (Å²) in [6, 6.07) is 15.4. The van der Waals surface area contributed by atoms with Crippen LogP contribution in [0, 0.1) is 5.21 Å². The van der Waals surface area contributed by atoms with Crippen molar-refractivity contribution in [2.45, 2.75) is 0 Å². The minimum atomic E-state index is 0.0695. The van der Waals surface area contributed by atoms with Gasteiger partial charge >= 0.3 is 0 Å². The second-order valence-corrected chi connectivity index (χ2v) is 5.34. The Hall–Kier alpha value is -1.62. The van der Waals surface area contributed by atoms with E-state index in [0.717, 1.165) is 26.8 Å². The monoisotopic (exact) mass is 317 g/mol. The molecule has 1 unspecified atom stereocenters. The van der Waals surface area contributed by atoms with Gasteiger partial charge in [-0.1, -0.05) is 15.9 Å². The molecule has 4 heteroatoms. The summed E-state index contributed by atoms with van der Waals surface area (Å²) >= 11 is 3.44. The van der Waals surface area contributed by atoms with Crippen LogP contribution in [-0.2, 0) is 0 Å². The average molecular weight is 318 g/mol. The molecule has 0 aliphatic rings. The molecule has 3 aromatic rings. The van der Waals surface area contributed by atoms with Crippen LogP contribution in [0.3, 0.4) is 0 Å². The van der Waals surface area contributed by atoms with E-state index >= 15 is 0 Å². The molecule has 0 saturated heterocycles. The quantitative estimate of drug-likeness (QED) is 0.735. The molecule has 1 heterocycles. The van der Waals surface area contributed by atoms with Crippen LogP contribution in [-0.4, -0.2) is 7.05 Å². The first-order valence-electron chi connectivity index (χ1n) is 5.94. The van der Waals surface area contributed by atoms with Crippen molar-refractivity contribution in [2.24, 2.45) is 0 Å². The fourth-order valence-electron chi connectivity index (χ4n) is 2.03. The van der Waals surface area contributed by atoms with Gasteiger partial charge in [0, 0.05) is 27.6 Å². The minimum absolute atomic E-state index is 0.0695. The molecule has 0 bridgehead atoms. The summed E-state index contributed by atoms with van der Waals surface area (Å²) in [5.74, 6) is 0.809. The Morgan fingerprint density at radius 3 is 2.47 bits per heavy atom. The molecular formula is C15H12BrNO2. The first-order valence-corrected chi connectivity index (χ1v) is 6.73. The molecule has 0 fully saturated rings. The highest BCUT2D eigenvalue weighted by Gasteiger charge is 2.07. The number of hydroxylamine groups is 1. The molecule has 0 saturated carbocycles. The van der Waals surface area contributed by atoms with Gasteiger partial charge < -0.3 is 14.7 Å². The van der Waals surface area contributed by atoms with Crippen molar-refractivity contribution in [2.75, 3.05) is 7.05 Å². The predicted octanol–water partition coefficient (Wildman–Crippen LogP) is 3.51. The molecule has 3 nitrogen and oxygen atoms in total. The Kier molecular flexibility index (Phi) is 3.14. The number of rotatable bonds is 2. The van der Waals surface area contributed by atoms with Crippen LogP contribution in [0.15, 0.2) is 57.4 Å². The SMILES string of the molecule is C[NH+]([O-])c1ccc(-c2cc3cc(Br)ccc3o2)cc1. The highest BCUT2D eigenvalue weighted by molar-refractivity contribution is 9.10. The molecule has 0 aliphatic carbocycles. The van der Waals surface area contributed by atoms with Gasteiger partial charge in [-0.15, -0.1) is 0 Å². The lowest BCUT2D eigenvalue weighted by molar-refractivity contribution is -0.751. The van der Waals surface area contributed by atoms with Crippen molar-refractivity contribution in [3.05, 3.63) is 58.2 Å². The van der Waals surface area contributed by atoms with Gasteiger partial charge in [-0.25, -0.2) is 0 Å². The third kappa shape index (κ3) is 2.42. The zero-order valence-electron chi connectivity index (χ0n) is 10.3. The Labute approximate surface area is 119 Å². The van der Waals surface area contributed by atoms with E-state index in [1.807, 2.05) is 48.5 Å². The highest BCUT2D eigenvalue weighted by Crippen LogP contribution is 2.29. The number of hydrogen-bond acceptors (Lipinski definition) is 2. The second kappa shape index (κ2) is 4.81. The van der Waals surface area contributed by atoms with Crippen molar-refractivity contribution < 1.29 is 9.48 Å². The van der Waals surface area contributed by atoms with Gasteiger partial charge in [0.2, 0.25) is 0 Å². The molecule has 1 atom stereocenters. The molecule has 0 radical (unpaired) electrons. The largest absolute Gasteiger partial charge is 0.629 e. The summed E-state index contributed by atoms with van der Waals surface area (Å²) in [4.78, 5) is 0. The molecule has 19 heavy (non-hydrogen) atoms. The molecule has 1 N–H and O–H groups in total. The van der Waals surface area contributed by atoms with E-state index in [1.54, 1.807) is 7.05 Å². The zero-order valence-corrected chi connectivity index (χ0v) is 11.9. The van der Waals surface area contributed by atoms with Gasteiger partial charge in [0.25, 0.3) is 0 Å². The van der Waals surface area contributed by atoms with Crippen molar-refractivity contribution in [1.29, 1.82) is 0 Å². The lowest BCUT2D eigenvalue weighted by Crippen LogP contribution is -2.98. The Balaban J connectivity index is 2.03. The summed E-state index contributed by atoms with van der Waals surface area (Å²) in [6.45, 7) is 0. The fourth-order valence-corrected chi connectivity index (χ4v) is 2.40. The Morgan fingerprint density at radius 2 is 1.79 bits per heavy atom. The van der Waals surface area contributed by atoms with E-state index in [2.05, 4.69) is 15.9 Å². The van der Waals surface area contributed by atoms with E-state index in [1.165, 1.54) is 0 Å². The van der Waals surface area contributed by atoms with Gasteiger partial charge in [-0.05, 0) is 36.4 Å². The summed E-state index contributed by atoms with van der Waals surface area (Å²) in [5.41, 5.74) is 2.54. The maximum Gasteiger partial charge on any atom is 0.135 e. The van der Waals surface area contributed by atoms with E-state index in [4.69, 9.17) is 4.42 Å². The molecular weight excluding hydrogens is 306 g/mol. The van der Waals surface area contributed by atoms with Crippen LogP contribution < -0.4 is 5.06 Å².